The van der Waals surface area contributed by atoms with Gasteiger partial charge in [0.2, 0.25) is 5.91 Å². The van der Waals surface area contributed by atoms with Crippen LogP contribution < -0.4 is 5.32 Å². The predicted molar refractivity (Wildman–Crippen MR) is 85.5 cm³/mol. The monoisotopic (exact) mass is 309 g/mol. The van der Waals surface area contributed by atoms with Crippen molar-refractivity contribution in [3.8, 4) is 0 Å². The summed E-state index contributed by atoms with van der Waals surface area (Å²) >= 11 is 6.10. The molecule has 2 N–H and O–H groups in total. The van der Waals surface area contributed by atoms with Crippen LogP contribution >= 0.6 is 11.6 Å². The maximum Gasteiger partial charge on any atom is 0.230 e. The number of hydrogen-bond acceptors (Lipinski definition) is 2. The van der Waals surface area contributed by atoms with E-state index in [-0.39, 0.29) is 24.5 Å². The van der Waals surface area contributed by atoms with E-state index in [9.17, 15) is 9.90 Å². The number of amides is 1. The van der Waals surface area contributed by atoms with Gasteiger partial charge in [-0.05, 0) is 43.4 Å². The molecule has 0 saturated heterocycles. The largest absolute Gasteiger partial charge is 0.396 e. The summed E-state index contributed by atoms with van der Waals surface area (Å²) in [4.78, 5) is 12.9. The maximum absolute atomic E-state index is 12.9. The summed E-state index contributed by atoms with van der Waals surface area (Å²) in [5.74, 6) is 0.113. The van der Waals surface area contributed by atoms with Gasteiger partial charge in [0.25, 0.3) is 0 Å². The fourth-order valence-electron chi connectivity index (χ4n) is 3.06. The molecule has 1 fully saturated rings. The quantitative estimate of drug-likeness (QED) is 0.877. The lowest BCUT2D eigenvalue weighted by atomic mass is 9.77. The van der Waals surface area contributed by atoms with Crippen molar-refractivity contribution in [2.45, 2.75) is 51.0 Å². The second kappa shape index (κ2) is 6.80. The first kappa shape index (κ1) is 16.3. The summed E-state index contributed by atoms with van der Waals surface area (Å²) in [6.07, 6.45) is 3.84. The number of carbonyl (C=O) groups is 1. The van der Waals surface area contributed by atoms with Crippen LogP contribution in [0.3, 0.4) is 0 Å². The van der Waals surface area contributed by atoms with Gasteiger partial charge in [-0.2, -0.15) is 0 Å². The smallest absolute Gasteiger partial charge is 0.230 e. The molecule has 21 heavy (non-hydrogen) atoms. The van der Waals surface area contributed by atoms with Crippen LogP contribution in [0.5, 0.6) is 0 Å². The minimum atomic E-state index is -0.464. The average Bonchev–Trinajstić information content (AvgIpc) is 2.97. The Bertz CT molecular complexity index is 497. The van der Waals surface area contributed by atoms with E-state index in [0.29, 0.717) is 5.02 Å². The van der Waals surface area contributed by atoms with Crippen LogP contribution in [0.1, 0.15) is 45.1 Å². The number of carbonyl (C=O) groups excluding carboxylic acids is 1. The van der Waals surface area contributed by atoms with Crippen molar-refractivity contribution >= 4 is 17.5 Å². The minimum Gasteiger partial charge on any atom is -0.396 e. The van der Waals surface area contributed by atoms with E-state index < -0.39 is 5.41 Å². The fraction of sp³-hybridized carbons (Fsp3) is 0.588. The van der Waals surface area contributed by atoms with Gasteiger partial charge in [-0.1, -0.05) is 43.5 Å². The molecule has 1 aromatic carbocycles. The molecule has 0 heterocycles. The van der Waals surface area contributed by atoms with E-state index in [2.05, 4.69) is 5.32 Å². The van der Waals surface area contributed by atoms with E-state index in [0.717, 1.165) is 31.2 Å². The van der Waals surface area contributed by atoms with Crippen molar-refractivity contribution < 1.29 is 9.90 Å². The second-order valence-electron chi connectivity index (χ2n) is 6.22. The Morgan fingerprint density at radius 1 is 1.38 bits per heavy atom. The molecule has 1 aromatic rings. The summed E-state index contributed by atoms with van der Waals surface area (Å²) < 4.78 is 0. The number of aliphatic hydroxyl groups excluding tert-OH is 1. The molecule has 1 amide bonds. The van der Waals surface area contributed by atoms with Crippen LogP contribution in [-0.4, -0.2) is 23.7 Å². The van der Waals surface area contributed by atoms with Gasteiger partial charge in [0.05, 0.1) is 5.41 Å². The zero-order valence-electron chi connectivity index (χ0n) is 12.7. The molecule has 0 aliphatic heterocycles. The number of benzene rings is 1. The first-order valence-electron chi connectivity index (χ1n) is 7.67. The highest BCUT2D eigenvalue weighted by Gasteiger charge is 2.43. The van der Waals surface area contributed by atoms with Gasteiger partial charge in [-0.3, -0.25) is 4.79 Å². The van der Waals surface area contributed by atoms with Gasteiger partial charge in [0.15, 0.2) is 0 Å². The summed E-state index contributed by atoms with van der Waals surface area (Å²) in [5.41, 5.74) is 0.544. The molecular weight excluding hydrogens is 286 g/mol. The highest BCUT2D eigenvalue weighted by atomic mass is 35.5. The van der Waals surface area contributed by atoms with Gasteiger partial charge >= 0.3 is 0 Å². The molecule has 1 saturated carbocycles. The molecule has 4 heteroatoms. The Hall–Kier alpha value is -1.06. The van der Waals surface area contributed by atoms with Gasteiger partial charge < -0.3 is 10.4 Å². The third kappa shape index (κ3) is 3.41. The lowest BCUT2D eigenvalue weighted by Gasteiger charge is -2.31. The van der Waals surface area contributed by atoms with Crippen molar-refractivity contribution in [2.24, 2.45) is 5.92 Å². The number of halogens is 1. The standard InChI is InChI=1S/C17H24ClNO2/c1-12(11-20)13(2)19-16(21)17(8-3-4-9-17)14-6-5-7-15(18)10-14/h5-7,10,12-13,20H,3-4,8-9,11H2,1-2H3,(H,19,21). The summed E-state index contributed by atoms with van der Waals surface area (Å²) in [7, 11) is 0. The van der Waals surface area contributed by atoms with Gasteiger partial charge in [0.1, 0.15) is 0 Å². The van der Waals surface area contributed by atoms with Gasteiger partial charge in [-0.15, -0.1) is 0 Å². The highest BCUT2D eigenvalue weighted by molar-refractivity contribution is 6.30. The van der Waals surface area contributed by atoms with Crippen molar-refractivity contribution in [1.82, 2.24) is 5.32 Å². The lowest BCUT2D eigenvalue weighted by molar-refractivity contribution is -0.127. The third-order valence-electron chi connectivity index (χ3n) is 4.77. The van der Waals surface area contributed by atoms with Crippen LogP contribution in [0.15, 0.2) is 24.3 Å². The second-order valence-corrected chi connectivity index (χ2v) is 6.66. The van der Waals surface area contributed by atoms with Crippen LogP contribution in [0.4, 0.5) is 0 Å². The number of rotatable bonds is 5. The third-order valence-corrected chi connectivity index (χ3v) is 5.00. The van der Waals surface area contributed by atoms with E-state index in [1.54, 1.807) is 0 Å². The molecule has 2 rings (SSSR count). The molecule has 1 aliphatic carbocycles. The average molecular weight is 310 g/mol. The van der Waals surface area contributed by atoms with E-state index in [1.807, 2.05) is 38.1 Å². The SMILES string of the molecule is CC(CO)C(C)NC(=O)C1(c2cccc(Cl)c2)CCCC1. The first-order valence-corrected chi connectivity index (χ1v) is 8.05. The van der Waals surface area contributed by atoms with Crippen molar-refractivity contribution in [2.75, 3.05) is 6.61 Å². The molecule has 0 radical (unpaired) electrons. The molecule has 3 nitrogen and oxygen atoms in total. The zero-order valence-corrected chi connectivity index (χ0v) is 13.5. The molecule has 2 unspecified atom stereocenters. The van der Waals surface area contributed by atoms with E-state index in [1.165, 1.54) is 0 Å². The molecule has 116 valence electrons. The van der Waals surface area contributed by atoms with Crippen LogP contribution in [0.25, 0.3) is 0 Å². The number of nitrogens with one attached hydrogen (secondary N) is 1. The molecule has 1 aliphatic rings. The predicted octanol–water partition coefficient (Wildman–Crippen LogP) is 3.28. The Morgan fingerprint density at radius 3 is 2.62 bits per heavy atom. The van der Waals surface area contributed by atoms with Gasteiger partial charge in [0, 0.05) is 17.7 Å². The minimum absolute atomic E-state index is 0.0424. The van der Waals surface area contributed by atoms with Crippen molar-refractivity contribution in [3.05, 3.63) is 34.9 Å². The van der Waals surface area contributed by atoms with Gasteiger partial charge in [-0.25, -0.2) is 0 Å². The maximum atomic E-state index is 12.9. The number of hydrogen-bond donors (Lipinski definition) is 2. The highest BCUT2D eigenvalue weighted by Crippen LogP contribution is 2.42. The van der Waals surface area contributed by atoms with Crippen LogP contribution in [0, 0.1) is 5.92 Å². The van der Waals surface area contributed by atoms with Crippen molar-refractivity contribution in [3.63, 3.8) is 0 Å². The molecule has 2 atom stereocenters. The lowest BCUT2D eigenvalue weighted by Crippen LogP contribution is -2.48. The Balaban J connectivity index is 2.24. The molecule has 0 spiro atoms. The Kier molecular flexibility index (Phi) is 5.28. The Morgan fingerprint density at radius 2 is 2.05 bits per heavy atom. The van der Waals surface area contributed by atoms with E-state index >= 15 is 0 Å². The summed E-state index contributed by atoms with van der Waals surface area (Å²) in [6, 6.07) is 7.61. The fourth-order valence-corrected chi connectivity index (χ4v) is 3.25. The topological polar surface area (TPSA) is 49.3 Å². The number of aliphatic hydroxyl groups is 1. The zero-order chi connectivity index (χ0) is 15.5. The van der Waals surface area contributed by atoms with Crippen LogP contribution in [-0.2, 0) is 10.2 Å². The first-order chi connectivity index (χ1) is 9.99. The Labute approximate surface area is 131 Å². The molecule has 0 aromatic heterocycles. The van der Waals surface area contributed by atoms with Crippen LogP contribution in [0.2, 0.25) is 5.02 Å². The normalized spacial score (nSPS) is 20.0. The van der Waals surface area contributed by atoms with E-state index in [4.69, 9.17) is 11.6 Å². The molecular formula is C17H24ClNO2. The summed E-state index contributed by atoms with van der Waals surface area (Å²) in [6.45, 7) is 3.96. The molecule has 0 bridgehead atoms. The van der Waals surface area contributed by atoms with Crippen molar-refractivity contribution in [1.29, 1.82) is 0 Å². The summed E-state index contributed by atoms with van der Waals surface area (Å²) in [5, 5.41) is 13.0.